The SMILES string of the molecule is CCOC(=O)C1(C)CCC(c2nc3c(-c4ccc(-c5ccccc5)nc4)cnn3c(N(COCC[Si](C)(C)C)COCC[Si](C)(C)C)c2Br)CC1. The van der Waals surface area contributed by atoms with Gasteiger partial charge < -0.3 is 19.1 Å². The van der Waals surface area contributed by atoms with Gasteiger partial charge in [-0.25, -0.2) is 4.98 Å². The van der Waals surface area contributed by atoms with Crippen molar-refractivity contribution in [1.82, 2.24) is 19.6 Å². The molecule has 0 spiro atoms. The predicted molar refractivity (Wildman–Crippen MR) is 216 cm³/mol. The van der Waals surface area contributed by atoms with Crippen LogP contribution in [0.4, 0.5) is 5.82 Å². The van der Waals surface area contributed by atoms with Crippen molar-refractivity contribution in [2.75, 3.05) is 38.2 Å². The van der Waals surface area contributed by atoms with Gasteiger partial charge in [-0.2, -0.15) is 9.61 Å². The monoisotopic (exact) mass is 793 g/mol. The van der Waals surface area contributed by atoms with Crippen molar-refractivity contribution in [3.05, 3.63) is 65.0 Å². The van der Waals surface area contributed by atoms with Gasteiger partial charge in [-0.1, -0.05) is 75.7 Å². The molecule has 0 radical (unpaired) electrons. The maximum atomic E-state index is 12.9. The van der Waals surface area contributed by atoms with Crippen molar-refractivity contribution in [2.24, 2.45) is 5.41 Å². The zero-order valence-corrected chi connectivity index (χ0v) is 35.4. The number of ether oxygens (including phenoxy) is 3. The third-order valence-electron chi connectivity index (χ3n) is 9.77. The summed E-state index contributed by atoms with van der Waals surface area (Å²) in [6, 6.07) is 16.5. The molecule has 1 fully saturated rings. The molecule has 276 valence electrons. The first-order chi connectivity index (χ1) is 24.2. The first kappa shape index (κ1) is 39.3. The molecule has 12 heteroatoms. The lowest BCUT2D eigenvalue weighted by atomic mass is 9.71. The Kier molecular flexibility index (Phi) is 13.0. The summed E-state index contributed by atoms with van der Waals surface area (Å²) in [5, 5.41) is 4.94. The number of halogens is 1. The molecule has 9 nitrogen and oxygen atoms in total. The second-order valence-electron chi connectivity index (χ2n) is 16.5. The summed E-state index contributed by atoms with van der Waals surface area (Å²) in [7, 11) is -2.56. The normalized spacial score (nSPS) is 18.3. The smallest absolute Gasteiger partial charge is 0.311 e. The Balaban J connectivity index is 1.55. The Morgan fingerprint density at radius 2 is 1.55 bits per heavy atom. The van der Waals surface area contributed by atoms with Gasteiger partial charge in [-0.3, -0.25) is 9.78 Å². The van der Waals surface area contributed by atoms with Gasteiger partial charge >= 0.3 is 5.97 Å². The van der Waals surface area contributed by atoms with E-state index < -0.39 is 21.6 Å². The van der Waals surface area contributed by atoms with Gasteiger partial charge in [0, 0.05) is 58.2 Å². The van der Waals surface area contributed by atoms with Crippen molar-refractivity contribution in [3.63, 3.8) is 0 Å². The second kappa shape index (κ2) is 16.8. The first-order valence-electron chi connectivity index (χ1n) is 18.4. The van der Waals surface area contributed by atoms with E-state index in [-0.39, 0.29) is 11.9 Å². The molecule has 0 unspecified atom stereocenters. The lowest BCUT2D eigenvalue weighted by Crippen LogP contribution is -2.35. The van der Waals surface area contributed by atoms with Gasteiger partial charge in [0.05, 0.1) is 34.1 Å². The van der Waals surface area contributed by atoms with Gasteiger partial charge in [-0.05, 0) is 73.6 Å². The van der Waals surface area contributed by atoms with E-state index in [0.717, 1.165) is 81.8 Å². The Morgan fingerprint density at radius 3 is 2.10 bits per heavy atom. The molecule has 1 aliphatic carbocycles. The fraction of sp³-hybridized carbons (Fsp3) is 0.538. The number of hydrogen-bond donors (Lipinski definition) is 0. The Morgan fingerprint density at radius 1 is 0.922 bits per heavy atom. The second-order valence-corrected chi connectivity index (χ2v) is 28.6. The standard InChI is InChI=1S/C39H56BrN5O4Si2/c1-9-49-38(46)39(2)19-17-30(18-20-39)35-34(40)37(44(27-47-21-23-50(3,4)5)28-48-22-24-51(6,7)8)45-36(43-35)32(26-42-45)31-15-16-33(41-25-31)29-13-11-10-12-14-29/h10-16,25-26,30H,9,17-24,27-28H2,1-8H3. The van der Waals surface area contributed by atoms with Crippen molar-refractivity contribution >= 4 is 49.5 Å². The van der Waals surface area contributed by atoms with Crippen LogP contribution in [-0.2, 0) is 19.0 Å². The van der Waals surface area contributed by atoms with Gasteiger partial charge in [0.2, 0.25) is 0 Å². The minimum Gasteiger partial charge on any atom is -0.466 e. The highest BCUT2D eigenvalue weighted by atomic mass is 79.9. The first-order valence-corrected chi connectivity index (χ1v) is 26.6. The molecule has 1 aliphatic rings. The summed E-state index contributed by atoms with van der Waals surface area (Å²) < 4.78 is 21.0. The van der Waals surface area contributed by atoms with Crippen LogP contribution in [0, 0.1) is 5.41 Å². The molecule has 0 N–H and O–H groups in total. The molecule has 3 heterocycles. The highest BCUT2D eigenvalue weighted by Crippen LogP contribution is 2.46. The summed E-state index contributed by atoms with van der Waals surface area (Å²) >= 11 is 4.04. The molecule has 51 heavy (non-hydrogen) atoms. The fourth-order valence-corrected chi connectivity index (χ4v) is 8.70. The average Bonchev–Trinajstić information content (AvgIpc) is 3.51. The van der Waals surface area contributed by atoms with Crippen LogP contribution >= 0.6 is 15.9 Å². The lowest BCUT2D eigenvalue weighted by Gasteiger charge is -2.36. The summed E-state index contributed by atoms with van der Waals surface area (Å²) in [5.74, 6) is 0.900. The zero-order valence-electron chi connectivity index (χ0n) is 31.8. The summed E-state index contributed by atoms with van der Waals surface area (Å²) in [5.41, 5.74) is 5.07. The van der Waals surface area contributed by atoms with Crippen LogP contribution in [0.15, 0.2) is 59.3 Å². The van der Waals surface area contributed by atoms with E-state index in [1.807, 2.05) is 49.0 Å². The molecule has 0 amide bonds. The van der Waals surface area contributed by atoms with Crippen LogP contribution in [0.1, 0.15) is 51.1 Å². The average molecular weight is 795 g/mol. The number of rotatable bonds is 16. The number of hydrogen-bond acceptors (Lipinski definition) is 8. The van der Waals surface area contributed by atoms with Crippen LogP contribution < -0.4 is 4.90 Å². The third kappa shape index (κ3) is 10.2. The number of nitrogens with zero attached hydrogens (tertiary/aromatic N) is 5. The van der Waals surface area contributed by atoms with Gasteiger partial charge in [0.15, 0.2) is 11.5 Å². The molecule has 0 saturated heterocycles. The minimum atomic E-state index is -1.28. The van der Waals surface area contributed by atoms with Crippen LogP contribution in [-0.4, -0.2) is 75.0 Å². The number of esters is 1. The van der Waals surface area contributed by atoms with E-state index in [4.69, 9.17) is 29.3 Å². The molecule has 0 bridgehead atoms. The molecule has 0 aliphatic heterocycles. The number of benzene rings is 1. The van der Waals surface area contributed by atoms with E-state index in [2.05, 4.69) is 84.4 Å². The Bertz CT molecular complexity index is 1730. The zero-order chi connectivity index (χ0) is 36.8. The van der Waals surface area contributed by atoms with Crippen molar-refractivity contribution in [2.45, 2.75) is 96.8 Å². The number of carbonyl (C=O) groups is 1. The summed E-state index contributed by atoms with van der Waals surface area (Å²) in [6.45, 7) is 20.6. The molecular weight excluding hydrogens is 739 g/mol. The van der Waals surface area contributed by atoms with Gasteiger partial charge in [-0.15, -0.1) is 0 Å². The highest BCUT2D eigenvalue weighted by Gasteiger charge is 2.40. The Labute approximate surface area is 314 Å². The lowest BCUT2D eigenvalue weighted by molar-refractivity contribution is -0.156. The summed E-state index contributed by atoms with van der Waals surface area (Å²) in [6.07, 6.45) is 6.93. The van der Waals surface area contributed by atoms with E-state index in [1.165, 1.54) is 0 Å². The molecule has 3 aromatic heterocycles. The topological polar surface area (TPSA) is 91.1 Å². The Hall–Kier alpha value is -2.91. The molecule has 4 aromatic rings. The molecule has 1 saturated carbocycles. The highest BCUT2D eigenvalue weighted by molar-refractivity contribution is 9.10. The van der Waals surface area contributed by atoms with Gasteiger partial charge in [0.1, 0.15) is 13.5 Å². The van der Waals surface area contributed by atoms with Gasteiger partial charge in [0.25, 0.3) is 0 Å². The number of pyridine rings is 1. The van der Waals surface area contributed by atoms with Crippen LogP contribution in [0.3, 0.4) is 0 Å². The maximum absolute atomic E-state index is 12.9. The van der Waals surface area contributed by atoms with Crippen LogP contribution in [0.25, 0.3) is 28.0 Å². The van der Waals surface area contributed by atoms with Crippen LogP contribution in [0.5, 0.6) is 0 Å². The third-order valence-corrected chi connectivity index (χ3v) is 13.9. The largest absolute Gasteiger partial charge is 0.466 e. The number of aromatic nitrogens is 4. The quantitative estimate of drug-likeness (QED) is 0.0480. The molecular formula is C39H56BrN5O4Si2. The number of fused-ring (bicyclic) bond motifs is 1. The minimum absolute atomic E-state index is 0.103. The summed E-state index contributed by atoms with van der Waals surface area (Å²) in [4.78, 5) is 25.2. The fourth-order valence-electron chi connectivity index (χ4n) is 6.36. The van der Waals surface area contributed by atoms with Crippen molar-refractivity contribution < 1.29 is 19.0 Å². The van der Waals surface area contributed by atoms with Crippen molar-refractivity contribution in [1.29, 1.82) is 0 Å². The predicted octanol–water partition coefficient (Wildman–Crippen LogP) is 9.88. The number of carbonyl (C=O) groups excluding carboxylic acids is 1. The van der Waals surface area contributed by atoms with Crippen molar-refractivity contribution in [3.8, 4) is 22.4 Å². The number of anilines is 1. The van der Waals surface area contributed by atoms with Crippen LogP contribution in [0.2, 0.25) is 51.4 Å². The molecule has 0 atom stereocenters. The van der Waals surface area contributed by atoms with E-state index in [1.54, 1.807) is 0 Å². The molecule has 5 rings (SSSR count). The molecule has 1 aromatic carbocycles. The maximum Gasteiger partial charge on any atom is 0.311 e. The van der Waals surface area contributed by atoms with E-state index >= 15 is 0 Å². The van der Waals surface area contributed by atoms with E-state index in [0.29, 0.717) is 33.3 Å². The van der Waals surface area contributed by atoms with E-state index in [9.17, 15) is 4.79 Å².